The largest absolute Gasteiger partial charge is 0.0622 e. The van der Waals surface area contributed by atoms with E-state index in [1.165, 1.54) is 152 Å². The van der Waals surface area contributed by atoms with Gasteiger partial charge in [-0.1, -0.05) is 210 Å². The van der Waals surface area contributed by atoms with Gasteiger partial charge in [0.1, 0.15) is 0 Å². The maximum absolute atomic E-state index is 2.60. The third kappa shape index (κ3) is 6.62. The van der Waals surface area contributed by atoms with Crippen molar-refractivity contribution in [1.29, 1.82) is 0 Å². The molecule has 10 aromatic rings. The standard InChI is InChI=1S/C70H66/c1-39-49-25-24-42(41-20-16-15-17-21-41)34-56(49)40(2)62-55-29-27-53-58-38-60-59(37-57(58)52-26-28-54(61(39)62)66(55)65(52)53)63(43-30-45(67(3,4)5)35-46(31-43)68(6,7)8)50-22-18-19-23-51(50)64(60)44-32-47(69(9,10)11)36-48(33-44)70(12,13)14/h15-38H,1-14H3. The molecular weight excluding hydrogens is 841 g/mol. The highest BCUT2D eigenvalue weighted by molar-refractivity contribution is 6.21. The van der Waals surface area contributed by atoms with E-state index in [9.17, 15) is 0 Å². The Morgan fingerprint density at radius 2 is 0.643 bits per heavy atom. The monoisotopic (exact) mass is 907 g/mol. The van der Waals surface area contributed by atoms with Gasteiger partial charge in [-0.15, -0.1) is 0 Å². The molecule has 0 nitrogen and oxygen atoms in total. The fraction of sp³-hybridized carbons (Fsp3) is 0.257. The first kappa shape index (κ1) is 44.4. The Morgan fingerprint density at radius 3 is 1.07 bits per heavy atom. The molecule has 0 saturated carbocycles. The van der Waals surface area contributed by atoms with Gasteiger partial charge in [-0.3, -0.25) is 0 Å². The van der Waals surface area contributed by atoms with Gasteiger partial charge in [0.25, 0.3) is 0 Å². The molecule has 0 fully saturated rings. The molecule has 0 atom stereocenters. The lowest BCUT2D eigenvalue weighted by Gasteiger charge is -2.28. The number of hydrogen-bond acceptors (Lipinski definition) is 0. The van der Waals surface area contributed by atoms with Gasteiger partial charge in [-0.05, 0) is 205 Å². The van der Waals surface area contributed by atoms with Crippen LogP contribution in [0.25, 0.3) is 76.5 Å². The Morgan fingerprint density at radius 1 is 0.257 bits per heavy atom. The molecule has 10 aromatic carbocycles. The number of rotatable bonds is 3. The molecule has 0 amide bonds. The minimum absolute atomic E-state index is 0.0250. The molecule has 0 N–H and O–H groups in total. The van der Waals surface area contributed by atoms with Crippen LogP contribution in [-0.4, -0.2) is 0 Å². The maximum atomic E-state index is 2.60. The summed E-state index contributed by atoms with van der Waals surface area (Å²) >= 11 is 0. The molecule has 0 spiro atoms. The summed E-state index contributed by atoms with van der Waals surface area (Å²) in [6.45, 7) is 33.0. The summed E-state index contributed by atoms with van der Waals surface area (Å²) in [5, 5.41) is 21.6. The minimum atomic E-state index is -0.0250. The molecule has 2 aliphatic carbocycles. The number of fused-ring (bicyclic) bond motifs is 5. The molecule has 0 bridgehead atoms. The summed E-state index contributed by atoms with van der Waals surface area (Å²) in [5.41, 5.74) is 15.9. The first-order chi connectivity index (χ1) is 33.1. The van der Waals surface area contributed by atoms with Crippen molar-refractivity contribution in [2.24, 2.45) is 0 Å². The smallest absolute Gasteiger partial charge is 0.00137 e. The van der Waals surface area contributed by atoms with Gasteiger partial charge in [0.15, 0.2) is 0 Å². The Bertz CT molecular complexity index is 4150. The first-order valence-electron chi connectivity index (χ1n) is 25.7. The van der Waals surface area contributed by atoms with Crippen molar-refractivity contribution >= 4 is 43.1 Å². The second-order valence-corrected chi connectivity index (χ2v) is 25.0. The molecule has 0 heteroatoms. The molecule has 12 rings (SSSR count). The van der Waals surface area contributed by atoms with E-state index in [1.54, 1.807) is 0 Å². The van der Waals surface area contributed by atoms with Crippen molar-refractivity contribution in [3.8, 4) is 33.4 Å². The van der Waals surface area contributed by atoms with Crippen LogP contribution >= 0.6 is 0 Å². The third-order valence-corrected chi connectivity index (χ3v) is 16.3. The lowest BCUT2D eigenvalue weighted by molar-refractivity contribution is 0.568. The van der Waals surface area contributed by atoms with Crippen molar-refractivity contribution in [3.63, 3.8) is 0 Å². The fourth-order valence-corrected chi connectivity index (χ4v) is 12.2. The average molecular weight is 907 g/mol. The molecule has 0 unspecified atom stereocenters. The van der Waals surface area contributed by atoms with Crippen LogP contribution in [0.2, 0.25) is 0 Å². The van der Waals surface area contributed by atoms with E-state index in [-0.39, 0.29) is 21.7 Å². The quantitative estimate of drug-likeness (QED) is 0.155. The topological polar surface area (TPSA) is 0 Å². The van der Waals surface area contributed by atoms with Crippen LogP contribution in [0, 0.1) is 55.6 Å². The van der Waals surface area contributed by atoms with E-state index in [1.807, 2.05) is 0 Å². The van der Waals surface area contributed by atoms with Crippen LogP contribution in [0.15, 0.2) is 146 Å². The number of hydrogen-bond donors (Lipinski definition) is 0. The second kappa shape index (κ2) is 14.9. The summed E-state index contributed by atoms with van der Waals surface area (Å²) in [7, 11) is 0. The van der Waals surface area contributed by atoms with Gasteiger partial charge in [0.2, 0.25) is 0 Å². The molecule has 2 aliphatic rings. The lowest BCUT2D eigenvalue weighted by atomic mass is 9.76. The Kier molecular flexibility index (Phi) is 9.45. The minimum Gasteiger partial charge on any atom is -0.0622 e. The van der Waals surface area contributed by atoms with Crippen molar-refractivity contribution in [1.82, 2.24) is 0 Å². The number of benzene rings is 10. The zero-order chi connectivity index (χ0) is 49.1. The highest BCUT2D eigenvalue weighted by Gasteiger charge is 2.27. The Hall–Kier alpha value is -6.76. The Labute approximate surface area is 413 Å². The summed E-state index contributed by atoms with van der Waals surface area (Å²) < 4.78 is 0. The maximum Gasteiger partial charge on any atom is -0.00137 e. The van der Waals surface area contributed by atoms with E-state index < -0.39 is 0 Å². The molecule has 0 saturated heterocycles. The zero-order valence-corrected chi connectivity index (χ0v) is 43.9. The van der Waals surface area contributed by atoms with Gasteiger partial charge in [-0.2, -0.15) is 0 Å². The third-order valence-electron chi connectivity index (χ3n) is 16.3. The van der Waals surface area contributed by atoms with E-state index in [0.29, 0.717) is 0 Å². The van der Waals surface area contributed by atoms with Crippen LogP contribution in [0.5, 0.6) is 0 Å². The predicted octanol–water partition coefficient (Wildman–Crippen LogP) is 18.9. The van der Waals surface area contributed by atoms with Gasteiger partial charge in [0.05, 0.1) is 0 Å². The SMILES string of the molecule is Cc1c2c(c(C)c3cc(-c4ccccc4)ccc13)=c1ccc3c4c(ccc=2c14)=c1cc2c(-c4cc(C(C)(C)C)cc(C(C)(C)C)c4)c4ccccc4c(-c4cc(C(C)(C)C)cc(C(C)(C)C)c4)c2cc1=3. The highest BCUT2D eigenvalue weighted by atomic mass is 14.3. The van der Waals surface area contributed by atoms with Crippen molar-refractivity contribution in [2.45, 2.75) is 119 Å². The van der Waals surface area contributed by atoms with Crippen LogP contribution in [-0.2, 0) is 21.7 Å². The van der Waals surface area contributed by atoms with Crippen LogP contribution in [0.3, 0.4) is 0 Å². The zero-order valence-electron chi connectivity index (χ0n) is 43.9. The van der Waals surface area contributed by atoms with E-state index >= 15 is 0 Å². The average Bonchev–Trinajstić information content (AvgIpc) is 3.82. The predicted molar refractivity (Wildman–Crippen MR) is 301 cm³/mol. The normalized spacial score (nSPS) is 13.3. The molecule has 0 radical (unpaired) electrons. The number of aryl methyl sites for hydroxylation is 2. The molecule has 70 heavy (non-hydrogen) atoms. The molecular formula is C70H66. The summed E-state index contributed by atoms with van der Waals surface area (Å²) in [5.74, 6) is 0. The highest BCUT2D eigenvalue weighted by Crippen LogP contribution is 2.48. The molecule has 0 heterocycles. The first-order valence-corrected chi connectivity index (χ1v) is 25.7. The van der Waals surface area contributed by atoms with E-state index in [2.05, 4.69) is 243 Å². The molecule has 0 aliphatic heterocycles. The van der Waals surface area contributed by atoms with Gasteiger partial charge in [0, 0.05) is 0 Å². The van der Waals surface area contributed by atoms with Crippen molar-refractivity contribution in [2.75, 3.05) is 0 Å². The van der Waals surface area contributed by atoms with E-state index in [4.69, 9.17) is 0 Å². The van der Waals surface area contributed by atoms with Crippen LogP contribution in [0.1, 0.15) is 116 Å². The summed E-state index contributed by atoms with van der Waals surface area (Å²) in [6.07, 6.45) is 0. The van der Waals surface area contributed by atoms with Crippen molar-refractivity contribution in [3.05, 3.63) is 221 Å². The second-order valence-electron chi connectivity index (χ2n) is 25.0. The molecule has 0 aromatic heterocycles. The van der Waals surface area contributed by atoms with E-state index in [0.717, 1.165) is 0 Å². The van der Waals surface area contributed by atoms with Crippen LogP contribution < -0.4 is 0 Å². The fourth-order valence-electron chi connectivity index (χ4n) is 12.2. The van der Waals surface area contributed by atoms with Gasteiger partial charge in [-0.25, -0.2) is 0 Å². The van der Waals surface area contributed by atoms with Gasteiger partial charge >= 0.3 is 0 Å². The molecule has 346 valence electrons. The van der Waals surface area contributed by atoms with Gasteiger partial charge < -0.3 is 0 Å². The van der Waals surface area contributed by atoms with Crippen molar-refractivity contribution < 1.29 is 0 Å². The summed E-state index contributed by atoms with van der Waals surface area (Å²) in [4.78, 5) is 0. The Balaban J connectivity index is 1.28. The van der Waals surface area contributed by atoms with Crippen LogP contribution in [0.4, 0.5) is 0 Å². The summed E-state index contributed by atoms with van der Waals surface area (Å²) in [6, 6.07) is 57.2. The lowest BCUT2D eigenvalue weighted by Crippen LogP contribution is -2.16.